The van der Waals surface area contributed by atoms with Crippen molar-refractivity contribution in [1.82, 2.24) is 4.90 Å². The first-order valence-corrected chi connectivity index (χ1v) is 8.35. The third kappa shape index (κ3) is 3.32. The van der Waals surface area contributed by atoms with E-state index < -0.39 is 12.0 Å². The molecule has 23 heavy (non-hydrogen) atoms. The maximum atomic E-state index is 12.5. The Balaban J connectivity index is 1.84. The Labute approximate surface area is 138 Å². The molecule has 5 nitrogen and oxygen atoms in total. The number of rotatable bonds is 3. The molecule has 1 saturated heterocycles. The number of carbonyl (C=O) groups excluding carboxylic acids is 1. The van der Waals surface area contributed by atoms with Gasteiger partial charge >= 0.3 is 12.0 Å². The van der Waals surface area contributed by atoms with Crippen LogP contribution >= 0.6 is 11.8 Å². The molecule has 0 aromatic heterocycles. The van der Waals surface area contributed by atoms with Crippen molar-refractivity contribution >= 4 is 29.4 Å². The number of urea groups is 1. The van der Waals surface area contributed by atoms with Crippen molar-refractivity contribution in [2.45, 2.75) is 6.04 Å². The zero-order valence-corrected chi connectivity index (χ0v) is 13.1. The van der Waals surface area contributed by atoms with Crippen molar-refractivity contribution < 1.29 is 14.7 Å². The molecule has 0 saturated carbocycles. The average molecular weight is 328 g/mol. The number of aliphatic carboxylic acids is 1. The lowest BCUT2D eigenvalue weighted by Crippen LogP contribution is -2.44. The summed E-state index contributed by atoms with van der Waals surface area (Å²) in [5, 5.41) is 12.0. The molecule has 0 radical (unpaired) electrons. The highest BCUT2D eigenvalue weighted by molar-refractivity contribution is 7.99. The maximum Gasteiger partial charge on any atom is 0.327 e. The van der Waals surface area contributed by atoms with Gasteiger partial charge in [0.25, 0.3) is 0 Å². The Kier molecular flexibility index (Phi) is 4.52. The van der Waals surface area contributed by atoms with Crippen molar-refractivity contribution in [2.75, 3.05) is 16.9 Å². The molecular formula is C17H16N2O3S. The first kappa shape index (κ1) is 15.4. The summed E-state index contributed by atoms with van der Waals surface area (Å²) < 4.78 is 0. The van der Waals surface area contributed by atoms with E-state index in [4.69, 9.17) is 0 Å². The quantitative estimate of drug-likeness (QED) is 0.906. The second-order valence-corrected chi connectivity index (χ2v) is 6.17. The summed E-state index contributed by atoms with van der Waals surface area (Å²) in [4.78, 5) is 25.0. The number of amides is 2. The number of carboxylic acid groups (broad SMARTS) is 1. The van der Waals surface area contributed by atoms with Crippen LogP contribution in [0.15, 0.2) is 54.6 Å². The molecule has 1 heterocycles. The summed E-state index contributed by atoms with van der Waals surface area (Å²) in [6.07, 6.45) is 0. The van der Waals surface area contributed by atoms with E-state index in [0.717, 1.165) is 11.1 Å². The van der Waals surface area contributed by atoms with Crippen LogP contribution in [0.25, 0.3) is 11.1 Å². The molecule has 118 valence electrons. The molecule has 2 aromatic carbocycles. The largest absolute Gasteiger partial charge is 0.480 e. The minimum Gasteiger partial charge on any atom is -0.480 e. The van der Waals surface area contributed by atoms with Gasteiger partial charge in [-0.3, -0.25) is 0 Å². The highest BCUT2D eigenvalue weighted by Crippen LogP contribution is 2.29. The lowest BCUT2D eigenvalue weighted by molar-refractivity contribution is -0.140. The van der Waals surface area contributed by atoms with Gasteiger partial charge in [-0.05, 0) is 11.6 Å². The monoisotopic (exact) mass is 328 g/mol. The second-order valence-electron chi connectivity index (χ2n) is 5.17. The number of carboxylic acids is 1. The van der Waals surface area contributed by atoms with E-state index in [9.17, 15) is 14.7 Å². The van der Waals surface area contributed by atoms with E-state index >= 15 is 0 Å². The van der Waals surface area contributed by atoms with Crippen LogP contribution in [0.3, 0.4) is 0 Å². The molecule has 2 aromatic rings. The topological polar surface area (TPSA) is 69.6 Å². The molecular weight excluding hydrogens is 312 g/mol. The van der Waals surface area contributed by atoms with Crippen molar-refractivity contribution in [1.29, 1.82) is 0 Å². The number of benzene rings is 2. The Morgan fingerprint density at radius 2 is 1.78 bits per heavy atom. The zero-order chi connectivity index (χ0) is 16.2. The summed E-state index contributed by atoms with van der Waals surface area (Å²) in [5.74, 6) is -0.166. The van der Waals surface area contributed by atoms with Crippen LogP contribution in [0, 0.1) is 0 Å². The number of hydrogen-bond acceptors (Lipinski definition) is 3. The van der Waals surface area contributed by atoms with E-state index in [-0.39, 0.29) is 6.03 Å². The molecule has 1 fully saturated rings. The minimum absolute atomic E-state index is 0.384. The van der Waals surface area contributed by atoms with Crippen LogP contribution in [0.5, 0.6) is 0 Å². The van der Waals surface area contributed by atoms with Crippen LogP contribution in [-0.2, 0) is 4.79 Å². The molecule has 2 N–H and O–H groups in total. The normalized spacial score (nSPS) is 17.0. The van der Waals surface area contributed by atoms with Crippen LogP contribution in [-0.4, -0.2) is 39.7 Å². The minimum atomic E-state index is -0.971. The summed E-state index contributed by atoms with van der Waals surface area (Å²) in [5.41, 5.74) is 2.57. The summed E-state index contributed by atoms with van der Waals surface area (Å²) >= 11 is 1.44. The summed E-state index contributed by atoms with van der Waals surface area (Å²) in [6, 6.07) is 16.1. The molecule has 1 aliphatic rings. The molecule has 1 atom stereocenters. The number of thioether (sulfide) groups is 1. The van der Waals surface area contributed by atoms with Gasteiger partial charge in [-0.15, -0.1) is 11.8 Å². The Bertz CT molecular complexity index is 721. The SMILES string of the molecule is O=C(O)[C@H]1CSCN1C(=O)Nc1ccccc1-c1ccccc1. The molecule has 1 aliphatic heterocycles. The van der Waals surface area contributed by atoms with E-state index in [1.807, 2.05) is 54.6 Å². The van der Waals surface area contributed by atoms with Gasteiger partial charge in [0.05, 0.1) is 11.6 Å². The third-order valence-corrected chi connectivity index (χ3v) is 4.69. The Morgan fingerprint density at radius 1 is 1.09 bits per heavy atom. The third-order valence-electron chi connectivity index (χ3n) is 3.68. The van der Waals surface area contributed by atoms with Crippen molar-refractivity contribution in [3.63, 3.8) is 0 Å². The van der Waals surface area contributed by atoms with Crippen molar-refractivity contribution in [3.05, 3.63) is 54.6 Å². The fourth-order valence-electron chi connectivity index (χ4n) is 2.50. The first-order chi connectivity index (χ1) is 11.2. The fraction of sp³-hybridized carbons (Fsp3) is 0.176. The van der Waals surface area contributed by atoms with Gasteiger partial charge < -0.3 is 15.3 Å². The number of anilines is 1. The fourth-order valence-corrected chi connectivity index (χ4v) is 3.64. The van der Waals surface area contributed by atoms with Gasteiger partial charge in [0.1, 0.15) is 6.04 Å². The van der Waals surface area contributed by atoms with Crippen molar-refractivity contribution in [2.24, 2.45) is 0 Å². The highest BCUT2D eigenvalue weighted by Gasteiger charge is 2.34. The van der Waals surface area contributed by atoms with Gasteiger partial charge in [0.15, 0.2) is 0 Å². The number of nitrogens with zero attached hydrogens (tertiary/aromatic N) is 1. The Morgan fingerprint density at radius 3 is 2.52 bits per heavy atom. The van der Waals surface area contributed by atoms with Crippen LogP contribution < -0.4 is 5.32 Å². The standard InChI is InChI=1S/C17H16N2O3S/c20-16(21)15-10-23-11-19(15)17(22)18-14-9-5-4-8-13(14)12-6-2-1-3-7-12/h1-9,15H,10-11H2,(H,18,22)(H,20,21)/t15-/m1/s1. The van der Waals surface area contributed by atoms with Crippen LogP contribution in [0.2, 0.25) is 0 Å². The molecule has 3 rings (SSSR count). The second kappa shape index (κ2) is 6.75. The summed E-state index contributed by atoms with van der Waals surface area (Å²) in [6.45, 7) is 0. The van der Waals surface area contributed by atoms with E-state index in [1.165, 1.54) is 16.7 Å². The maximum absolute atomic E-state index is 12.5. The van der Waals surface area contributed by atoms with Crippen LogP contribution in [0.4, 0.5) is 10.5 Å². The van der Waals surface area contributed by atoms with Gasteiger partial charge in [-0.25, -0.2) is 9.59 Å². The van der Waals surface area contributed by atoms with Gasteiger partial charge in [0.2, 0.25) is 0 Å². The Hall–Kier alpha value is -2.47. The van der Waals surface area contributed by atoms with Crippen molar-refractivity contribution in [3.8, 4) is 11.1 Å². The zero-order valence-electron chi connectivity index (χ0n) is 12.3. The first-order valence-electron chi connectivity index (χ1n) is 7.19. The van der Waals surface area contributed by atoms with Gasteiger partial charge in [-0.1, -0.05) is 48.5 Å². The molecule has 2 amide bonds. The van der Waals surface area contributed by atoms with E-state index in [1.54, 1.807) is 0 Å². The molecule has 0 spiro atoms. The van der Waals surface area contributed by atoms with E-state index in [0.29, 0.717) is 17.3 Å². The van der Waals surface area contributed by atoms with E-state index in [2.05, 4.69) is 5.32 Å². The smallest absolute Gasteiger partial charge is 0.327 e. The number of para-hydroxylation sites is 1. The van der Waals surface area contributed by atoms with Gasteiger partial charge in [-0.2, -0.15) is 0 Å². The number of hydrogen-bond donors (Lipinski definition) is 2. The number of nitrogens with one attached hydrogen (secondary N) is 1. The lowest BCUT2D eigenvalue weighted by Gasteiger charge is -2.22. The molecule has 0 bridgehead atoms. The molecule has 0 unspecified atom stereocenters. The predicted molar refractivity (Wildman–Crippen MR) is 91.5 cm³/mol. The van der Waals surface area contributed by atoms with Crippen LogP contribution in [0.1, 0.15) is 0 Å². The summed E-state index contributed by atoms with van der Waals surface area (Å²) in [7, 11) is 0. The molecule has 0 aliphatic carbocycles. The van der Waals surface area contributed by atoms with Gasteiger partial charge in [0, 0.05) is 11.3 Å². The average Bonchev–Trinajstić information content (AvgIpc) is 3.06. The highest BCUT2D eigenvalue weighted by atomic mass is 32.2. The lowest BCUT2D eigenvalue weighted by atomic mass is 10.0. The molecule has 6 heteroatoms. The predicted octanol–water partition coefficient (Wildman–Crippen LogP) is 3.35. The number of carbonyl (C=O) groups is 2.